The monoisotopic (exact) mass is 403 g/mol. The molecule has 25 heavy (non-hydrogen) atoms. The number of nitrogens with zero attached hydrogens (tertiary/aromatic N) is 1. The highest BCUT2D eigenvalue weighted by Gasteiger charge is 2.30. The van der Waals surface area contributed by atoms with Crippen LogP contribution in [0.5, 0.6) is 5.75 Å². The second kappa shape index (κ2) is 7.95. The Hall–Kier alpha value is -1.96. The first-order valence-corrected chi connectivity index (χ1v) is 9.18. The molecule has 2 aromatic rings. The van der Waals surface area contributed by atoms with Gasteiger partial charge in [0.2, 0.25) is 0 Å². The van der Waals surface area contributed by atoms with Crippen molar-refractivity contribution < 1.29 is 22.7 Å². The number of halogens is 2. The van der Waals surface area contributed by atoms with Crippen LogP contribution >= 0.6 is 23.2 Å². The highest BCUT2D eigenvalue weighted by molar-refractivity contribution is 7.93. The van der Waals surface area contributed by atoms with Crippen molar-refractivity contribution in [2.45, 2.75) is 4.90 Å². The predicted molar refractivity (Wildman–Crippen MR) is 96.0 cm³/mol. The molecule has 0 spiro atoms. The van der Waals surface area contributed by atoms with E-state index in [0.717, 1.165) is 4.31 Å². The summed E-state index contributed by atoms with van der Waals surface area (Å²) in [5.41, 5.74) is 0.223. The van der Waals surface area contributed by atoms with E-state index in [-0.39, 0.29) is 20.6 Å². The number of methoxy groups -OCH3 is 2. The molecular formula is C16H15Cl2NO5S. The Kier molecular flexibility index (Phi) is 6.16. The lowest BCUT2D eigenvalue weighted by atomic mass is 10.3. The Balaban J connectivity index is 2.61. The molecular weight excluding hydrogens is 389 g/mol. The summed E-state index contributed by atoms with van der Waals surface area (Å²) in [5, 5.41) is 0.189. The Morgan fingerprint density at radius 3 is 2.48 bits per heavy atom. The fourth-order valence-corrected chi connectivity index (χ4v) is 4.20. The van der Waals surface area contributed by atoms with E-state index in [2.05, 4.69) is 4.74 Å². The number of sulfonamides is 1. The third kappa shape index (κ3) is 4.36. The van der Waals surface area contributed by atoms with E-state index in [1.807, 2.05) is 0 Å². The zero-order chi connectivity index (χ0) is 18.6. The minimum absolute atomic E-state index is 0.0119. The topological polar surface area (TPSA) is 72.9 Å². The van der Waals surface area contributed by atoms with Crippen LogP contribution in [0.3, 0.4) is 0 Å². The van der Waals surface area contributed by atoms with Crippen molar-refractivity contribution in [2.75, 3.05) is 25.1 Å². The summed E-state index contributed by atoms with van der Waals surface area (Å²) in [6.45, 7) is -0.533. The van der Waals surface area contributed by atoms with Crippen molar-refractivity contribution in [3.8, 4) is 5.75 Å². The first-order chi connectivity index (χ1) is 11.8. The van der Waals surface area contributed by atoms with Crippen LogP contribution in [0.15, 0.2) is 47.4 Å². The van der Waals surface area contributed by atoms with Gasteiger partial charge < -0.3 is 9.47 Å². The van der Waals surface area contributed by atoms with E-state index in [9.17, 15) is 13.2 Å². The number of carbonyl (C=O) groups is 1. The second-order valence-electron chi connectivity index (χ2n) is 4.86. The van der Waals surface area contributed by atoms with Crippen molar-refractivity contribution in [3.05, 3.63) is 52.5 Å². The second-order valence-corrected chi connectivity index (χ2v) is 7.54. The SMILES string of the molecule is COC(=O)CN(c1cccc(OC)c1)S(=O)(=O)c1cc(Cl)ccc1Cl. The number of hydrogen-bond donors (Lipinski definition) is 0. The van der Waals surface area contributed by atoms with Crippen molar-refractivity contribution in [1.29, 1.82) is 0 Å². The molecule has 0 bridgehead atoms. The fourth-order valence-electron chi connectivity index (χ4n) is 2.06. The van der Waals surface area contributed by atoms with Crippen LogP contribution in [0, 0.1) is 0 Å². The molecule has 0 atom stereocenters. The minimum Gasteiger partial charge on any atom is -0.497 e. The summed E-state index contributed by atoms with van der Waals surface area (Å²) < 4.78 is 36.8. The molecule has 0 saturated carbocycles. The molecule has 0 amide bonds. The Labute approximate surface area is 155 Å². The van der Waals surface area contributed by atoms with Crippen LogP contribution in [0.4, 0.5) is 5.69 Å². The molecule has 2 aromatic carbocycles. The Morgan fingerprint density at radius 1 is 1.12 bits per heavy atom. The number of anilines is 1. The molecule has 9 heteroatoms. The van der Waals surface area contributed by atoms with Gasteiger partial charge in [-0.3, -0.25) is 9.10 Å². The van der Waals surface area contributed by atoms with Crippen LogP contribution in [0.2, 0.25) is 10.0 Å². The third-order valence-electron chi connectivity index (χ3n) is 3.30. The van der Waals surface area contributed by atoms with Gasteiger partial charge in [-0.05, 0) is 30.3 Å². The molecule has 2 rings (SSSR count). The van der Waals surface area contributed by atoms with Gasteiger partial charge in [0, 0.05) is 11.1 Å². The van der Waals surface area contributed by atoms with E-state index in [4.69, 9.17) is 27.9 Å². The lowest BCUT2D eigenvalue weighted by Crippen LogP contribution is -2.36. The molecule has 0 radical (unpaired) electrons. The van der Waals surface area contributed by atoms with Gasteiger partial charge in [0.1, 0.15) is 17.2 Å². The van der Waals surface area contributed by atoms with Crippen LogP contribution in [-0.2, 0) is 19.6 Å². The number of ether oxygens (including phenoxy) is 2. The summed E-state index contributed by atoms with van der Waals surface area (Å²) >= 11 is 11.9. The minimum atomic E-state index is -4.18. The number of esters is 1. The van der Waals surface area contributed by atoms with Gasteiger partial charge in [0.25, 0.3) is 10.0 Å². The average Bonchev–Trinajstić information content (AvgIpc) is 2.61. The van der Waals surface area contributed by atoms with E-state index in [1.165, 1.54) is 44.6 Å². The standard InChI is InChI=1S/C16H15Cl2NO5S/c1-23-13-5-3-4-12(9-13)19(10-16(20)24-2)25(21,22)15-8-11(17)6-7-14(15)18/h3-9H,10H2,1-2H3. The van der Waals surface area contributed by atoms with E-state index in [0.29, 0.717) is 5.75 Å². The third-order valence-corrected chi connectivity index (χ3v) is 5.79. The van der Waals surface area contributed by atoms with Gasteiger partial charge in [0.05, 0.1) is 24.9 Å². The zero-order valence-corrected chi connectivity index (χ0v) is 15.7. The average molecular weight is 404 g/mol. The maximum Gasteiger partial charge on any atom is 0.326 e. The molecule has 0 aliphatic rings. The summed E-state index contributed by atoms with van der Waals surface area (Å²) in [6.07, 6.45) is 0. The van der Waals surface area contributed by atoms with E-state index < -0.39 is 22.5 Å². The van der Waals surface area contributed by atoms with Gasteiger partial charge in [-0.2, -0.15) is 0 Å². The Bertz CT molecular complexity index is 886. The van der Waals surface area contributed by atoms with Crippen molar-refractivity contribution in [1.82, 2.24) is 0 Å². The van der Waals surface area contributed by atoms with E-state index in [1.54, 1.807) is 12.1 Å². The quantitative estimate of drug-likeness (QED) is 0.691. The van der Waals surface area contributed by atoms with Gasteiger partial charge >= 0.3 is 5.97 Å². The Morgan fingerprint density at radius 2 is 1.84 bits per heavy atom. The molecule has 0 fully saturated rings. The largest absolute Gasteiger partial charge is 0.497 e. The van der Waals surface area contributed by atoms with Gasteiger partial charge in [0.15, 0.2) is 0 Å². The van der Waals surface area contributed by atoms with Crippen molar-refractivity contribution in [2.24, 2.45) is 0 Å². The smallest absolute Gasteiger partial charge is 0.326 e. The van der Waals surface area contributed by atoms with Gasteiger partial charge in [-0.25, -0.2) is 8.42 Å². The zero-order valence-electron chi connectivity index (χ0n) is 13.4. The highest BCUT2D eigenvalue weighted by Crippen LogP contribution is 2.31. The molecule has 0 aromatic heterocycles. The van der Waals surface area contributed by atoms with Crippen LogP contribution in [0.25, 0.3) is 0 Å². The fraction of sp³-hybridized carbons (Fsp3) is 0.188. The first kappa shape index (κ1) is 19.4. The highest BCUT2D eigenvalue weighted by atomic mass is 35.5. The summed E-state index contributed by atoms with van der Waals surface area (Å²) in [7, 11) is -1.55. The van der Waals surface area contributed by atoms with Gasteiger partial charge in [-0.1, -0.05) is 29.3 Å². The van der Waals surface area contributed by atoms with Crippen LogP contribution < -0.4 is 9.04 Å². The molecule has 6 nitrogen and oxygen atoms in total. The number of rotatable bonds is 6. The molecule has 0 saturated heterocycles. The lowest BCUT2D eigenvalue weighted by molar-refractivity contribution is -0.138. The molecule has 0 unspecified atom stereocenters. The van der Waals surface area contributed by atoms with Crippen molar-refractivity contribution >= 4 is 44.9 Å². The normalized spacial score (nSPS) is 11.0. The van der Waals surface area contributed by atoms with Crippen LogP contribution in [-0.4, -0.2) is 35.2 Å². The molecule has 0 N–H and O–H groups in total. The summed E-state index contributed by atoms with van der Waals surface area (Å²) in [5.74, 6) is -0.302. The van der Waals surface area contributed by atoms with Gasteiger partial charge in [-0.15, -0.1) is 0 Å². The molecule has 134 valence electrons. The first-order valence-electron chi connectivity index (χ1n) is 6.98. The summed E-state index contributed by atoms with van der Waals surface area (Å²) in [4.78, 5) is 11.5. The lowest BCUT2D eigenvalue weighted by Gasteiger charge is -2.24. The molecule has 0 aliphatic carbocycles. The number of benzene rings is 2. The van der Waals surface area contributed by atoms with Crippen LogP contribution in [0.1, 0.15) is 0 Å². The molecule has 0 aliphatic heterocycles. The maximum absolute atomic E-state index is 13.1. The number of hydrogen-bond acceptors (Lipinski definition) is 5. The predicted octanol–water partition coefficient (Wildman–Crippen LogP) is 3.37. The maximum atomic E-state index is 13.1. The number of carbonyl (C=O) groups excluding carboxylic acids is 1. The summed E-state index contributed by atoms with van der Waals surface area (Å²) in [6, 6.07) is 10.3. The van der Waals surface area contributed by atoms with Crippen molar-refractivity contribution in [3.63, 3.8) is 0 Å². The van der Waals surface area contributed by atoms with E-state index >= 15 is 0 Å². The molecule has 0 heterocycles.